The maximum atomic E-state index is 12.0. The van der Waals surface area contributed by atoms with Gasteiger partial charge in [-0.3, -0.25) is 9.59 Å². The Hall–Kier alpha value is -2.60. The number of hydrogen-bond acceptors (Lipinski definition) is 4. The quantitative estimate of drug-likeness (QED) is 0.702. The topological polar surface area (TPSA) is 91.6 Å². The summed E-state index contributed by atoms with van der Waals surface area (Å²) in [4.78, 5) is 22.3. The summed E-state index contributed by atoms with van der Waals surface area (Å²) in [6.45, 7) is 1.58. The van der Waals surface area contributed by atoms with Gasteiger partial charge < -0.3 is 20.2 Å². The van der Waals surface area contributed by atoms with Crippen LogP contribution in [0.15, 0.2) is 47.1 Å². The largest absolute Gasteiger partial charge is 0.466 e. The Morgan fingerprint density at radius 1 is 1.33 bits per heavy atom. The van der Waals surface area contributed by atoms with Crippen LogP contribution in [0.3, 0.4) is 0 Å². The molecule has 0 aliphatic heterocycles. The molecule has 0 fully saturated rings. The Balaban J connectivity index is 1.97. The Kier molecular flexibility index (Phi) is 4.39. The van der Waals surface area contributed by atoms with Crippen LogP contribution in [0.5, 0.6) is 0 Å². The molecule has 0 saturated carbocycles. The molecule has 0 aliphatic rings. The second-order valence-corrected chi connectivity index (χ2v) is 4.77. The van der Waals surface area contributed by atoms with Crippen molar-refractivity contribution in [2.45, 2.75) is 12.5 Å². The van der Waals surface area contributed by atoms with E-state index >= 15 is 0 Å². The van der Waals surface area contributed by atoms with Gasteiger partial charge >= 0.3 is 0 Å². The highest BCUT2D eigenvalue weighted by Crippen LogP contribution is 2.20. The van der Waals surface area contributed by atoms with E-state index in [1.807, 2.05) is 0 Å². The molecule has 1 heterocycles. The zero-order valence-electron chi connectivity index (χ0n) is 11.5. The van der Waals surface area contributed by atoms with Crippen molar-refractivity contribution in [2.24, 2.45) is 0 Å². The molecule has 1 aromatic heterocycles. The average Bonchev–Trinajstić information content (AvgIpc) is 3.01. The summed E-state index contributed by atoms with van der Waals surface area (Å²) in [5.41, 5.74) is -0.246. The highest BCUT2D eigenvalue weighted by atomic mass is 16.4. The molecule has 6 nitrogen and oxygen atoms in total. The van der Waals surface area contributed by atoms with E-state index in [0.29, 0.717) is 23.4 Å². The number of aliphatic hydroxyl groups is 1. The van der Waals surface area contributed by atoms with Crippen molar-refractivity contribution in [3.8, 4) is 0 Å². The number of furan rings is 1. The van der Waals surface area contributed by atoms with Crippen LogP contribution in [0.25, 0.3) is 0 Å². The molecule has 2 amide bonds. The van der Waals surface area contributed by atoms with Gasteiger partial charge in [0.1, 0.15) is 11.4 Å². The van der Waals surface area contributed by atoms with E-state index in [0.717, 1.165) is 0 Å². The Morgan fingerprint density at radius 3 is 2.62 bits per heavy atom. The third-order valence-electron chi connectivity index (χ3n) is 3.02. The summed E-state index contributed by atoms with van der Waals surface area (Å²) >= 11 is 0. The van der Waals surface area contributed by atoms with Crippen LogP contribution in [0.1, 0.15) is 23.0 Å². The van der Waals surface area contributed by atoms with Gasteiger partial charge in [0.15, 0.2) is 0 Å². The summed E-state index contributed by atoms with van der Waals surface area (Å²) in [5, 5.41) is 15.4. The lowest BCUT2D eigenvalue weighted by Gasteiger charge is -2.21. The zero-order chi connectivity index (χ0) is 15.3. The van der Waals surface area contributed by atoms with E-state index in [9.17, 15) is 14.7 Å². The lowest BCUT2D eigenvalue weighted by atomic mass is 10.0. The fraction of sp³-hybridized carbons (Fsp3) is 0.200. The molecule has 0 aliphatic carbocycles. The van der Waals surface area contributed by atoms with Crippen LogP contribution in [-0.4, -0.2) is 24.0 Å². The van der Waals surface area contributed by atoms with Gasteiger partial charge in [-0.25, -0.2) is 0 Å². The van der Waals surface area contributed by atoms with Crippen molar-refractivity contribution in [3.05, 3.63) is 54.0 Å². The molecule has 0 spiro atoms. The minimum Gasteiger partial charge on any atom is -0.466 e. The Labute approximate surface area is 121 Å². The van der Waals surface area contributed by atoms with Gasteiger partial charge in [-0.2, -0.15) is 0 Å². The highest BCUT2D eigenvalue weighted by Gasteiger charge is 2.26. The molecule has 1 aromatic carbocycles. The van der Waals surface area contributed by atoms with Gasteiger partial charge in [-0.15, -0.1) is 0 Å². The SMILES string of the molecule is C[C@@](O)(CNC(=O)c1ccc(NC=O)cc1)c1ccco1. The minimum absolute atomic E-state index is 0.0215. The van der Waals surface area contributed by atoms with E-state index in [2.05, 4.69) is 10.6 Å². The van der Waals surface area contributed by atoms with E-state index in [-0.39, 0.29) is 12.5 Å². The maximum absolute atomic E-state index is 12.0. The van der Waals surface area contributed by atoms with Crippen molar-refractivity contribution >= 4 is 18.0 Å². The predicted molar refractivity (Wildman–Crippen MR) is 76.7 cm³/mol. The molecule has 1 atom stereocenters. The molecule has 3 N–H and O–H groups in total. The average molecular weight is 288 g/mol. The first kappa shape index (κ1) is 14.8. The molecule has 0 radical (unpaired) electrons. The summed E-state index contributed by atoms with van der Waals surface area (Å²) < 4.78 is 5.14. The molecule has 6 heteroatoms. The Bertz CT molecular complexity index is 603. The first-order valence-electron chi connectivity index (χ1n) is 6.38. The second-order valence-electron chi connectivity index (χ2n) is 4.77. The van der Waals surface area contributed by atoms with Crippen molar-refractivity contribution in [3.63, 3.8) is 0 Å². The smallest absolute Gasteiger partial charge is 0.251 e. The summed E-state index contributed by atoms with van der Waals surface area (Å²) in [5.74, 6) is 0.0628. The molecule has 2 aromatic rings. The third-order valence-corrected chi connectivity index (χ3v) is 3.02. The molecular formula is C15H16N2O4. The molecule has 110 valence electrons. The normalized spacial score (nSPS) is 13.2. The number of hydrogen-bond donors (Lipinski definition) is 3. The van der Waals surface area contributed by atoms with Crippen LogP contribution in [-0.2, 0) is 10.4 Å². The van der Waals surface area contributed by atoms with Gasteiger partial charge in [-0.05, 0) is 43.3 Å². The predicted octanol–water partition coefficient (Wildman–Crippen LogP) is 1.49. The van der Waals surface area contributed by atoms with Gasteiger partial charge in [0.05, 0.1) is 12.8 Å². The summed E-state index contributed by atoms with van der Waals surface area (Å²) in [6, 6.07) is 9.73. The van der Waals surface area contributed by atoms with E-state index < -0.39 is 5.60 Å². The number of amides is 2. The number of anilines is 1. The van der Waals surface area contributed by atoms with E-state index in [1.165, 1.54) is 6.26 Å². The standard InChI is InChI=1S/C15H16N2O4/c1-15(20,13-3-2-8-21-13)9-16-14(19)11-4-6-12(7-5-11)17-10-18/h2-8,10,20H,9H2,1H3,(H,16,19)(H,17,18)/t15-/m1/s1. The van der Waals surface area contributed by atoms with E-state index in [4.69, 9.17) is 4.42 Å². The number of nitrogens with one attached hydrogen (secondary N) is 2. The van der Waals surface area contributed by atoms with Crippen molar-refractivity contribution < 1.29 is 19.1 Å². The molecule has 0 saturated heterocycles. The molecule has 21 heavy (non-hydrogen) atoms. The third kappa shape index (κ3) is 3.70. The van der Waals surface area contributed by atoms with Crippen LogP contribution in [0, 0.1) is 0 Å². The monoisotopic (exact) mass is 288 g/mol. The number of carbonyl (C=O) groups is 2. The van der Waals surface area contributed by atoms with Crippen molar-refractivity contribution in [1.82, 2.24) is 5.32 Å². The van der Waals surface area contributed by atoms with Gasteiger partial charge in [0.25, 0.3) is 5.91 Å². The minimum atomic E-state index is -1.28. The number of rotatable bonds is 6. The summed E-state index contributed by atoms with van der Waals surface area (Å²) in [6.07, 6.45) is 2.03. The van der Waals surface area contributed by atoms with E-state index in [1.54, 1.807) is 43.3 Å². The van der Waals surface area contributed by atoms with Crippen LogP contribution in [0.2, 0.25) is 0 Å². The lowest BCUT2D eigenvalue weighted by molar-refractivity contribution is -0.105. The summed E-state index contributed by atoms with van der Waals surface area (Å²) in [7, 11) is 0. The number of benzene rings is 1. The maximum Gasteiger partial charge on any atom is 0.251 e. The molecule has 0 unspecified atom stereocenters. The van der Waals surface area contributed by atoms with Crippen LogP contribution >= 0.6 is 0 Å². The van der Waals surface area contributed by atoms with Crippen LogP contribution < -0.4 is 10.6 Å². The van der Waals surface area contributed by atoms with Gasteiger partial charge in [0, 0.05) is 11.3 Å². The van der Waals surface area contributed by atoms with Crippen LogP contribution in [0.4, 0.5) is 5.69 Å². The Morgan fingerprint density at radius 2 is 2.05 bits per heavy atom. The van der Waals surface area contributed by atoms with Gasteiger partial charge in [0.2, 0.25) is 6.41 Å². The molecular weight excluding hydrogens is 272 g/mol. The lowest BCUT2D eigenvalue weighted by Crippen LogP contribution is -2.38. The van der Waals surface area contributed by atoms with Crippen molar-refractivity contribution in [2.75, 3.05) is 11.9 Å². The zero-order valence-corrected chi connectivity index (χ0v) is 11.5. The first-order chi connectivity index (χ1) is 10.0. The fourth-order valence-corrected chi connectivity index (χ4v) is 1.81. The second kappa shape index (κ2) is 6.23. The molecule has 0 bridgehead atoms. The fourth-order valence-electron chi connectivity index (χ4n) is 1.81. The van der Waals surface area contributed by atoms with Crippen molar-refractivity contribution in [1.29, 1.82) is 0 Å². The first-order valence-corrected chi connectivity index (χ1v) is 6.38. The van der Waals surface area contributed by atoms with Gasteiger partial charge in [-0.1, -0.05) is 0 Å². The number of carbonyl (C=O) groups excluding carboxylic acids is 2. The molecule has 2 rings (SSSR count). The highest BCUT2D eigenvalue weighted by molar-refractivity contribution is 5.94.